The Morgan fingerprint density at radius 1 is 1.19 bits per heavy atom. The summed E-state index contributed by atoms with van der Waals surface area (Å²) in [4.78, 5) is 2.81. The van der Waals surface area contributed by atoms with Crippen LogP contribution >= 0.6 is 15.9 Å². The summed E-state index contributed by atoms with van der Waals surface area (Å²) in [7, 11) is 0. The molecule has 0 saturated carbocycles. The van der Waals surface area contributed by atoms with Crippen LogP contribution in [0.2, 0.25) is 0 Å². The second kappa shape index (κ2) is 5.68. The van der Waals surface area contributed by atoms with Gasteiger partial charge in [-0.05, 0) is 68.4 Å². The topological polar surface area (TPSA) is 15.3 Å². The highest BCUT2D eigenvalue weighted by Gasteiger charge is 2.53. The molecule has 3 aliphatic heterocycles. The number of rotatable bonds is 1. The number of benzene rings is 1. The SMILES string of the molecule is Brc1cccc(C2CNCCC23CCN2CCCCC23)c1. The first kappa shape index (κ1) is 14.2. The van der Waals surface area contributed by atoms with E-state index in [0.29, 0.717) is 11.3 Å². The van der Waals surface area contributed by atoms with Crippen LogP contribution in [0, 0.1) is 5.41 Å². The molecule has 2 nitrogen and oxygen atoms in total. The minimum Gasteiger partial charge on any atom is -0.316 e. The van der Waals surface area contributed by atoms with Crippen molar-refractivity contribution in [1.82, 2.24) is 10.2 Å². The predicted molar refractivity (Wildman–Crippen MR) is 90.6 cm³/mol. The molecule has 3 heterocycles. The van der Waals surface area contributed by atoms with Crippen molar-refractivity contribution >= 4 is 15.9 Å². The first-order valence-electron chi connectivity index (χ1n) is 8.50. The molecule has 114 valence electrons. The van der Waals surface area contributed by atoms with E-state index in [-0.39, 0.29) is 0 Å². The van der Waals surface area contributed by atoms with Gasteiger partial charge in [0.2, 0.25) is 0 Å². The third-order valence-corrected chi connectivity index (χ3v) is 6.70. The molecule has 4 rings (SSSR count). The van der Waals surface area contributed by atoms with Gasteiger partial charge in [0.25, 0.3) is 0 Å². The minimum atomic E-state index is 0.520. The summed E-state index contributed by atoms with van der Waals surface area (Å²) < 4.78 is 1.22. The molecule has 3 aliphatic rings. The largest absolute Gasteiger partial charge is 0.316 e. The Morgan fingerprint density at radius 2 is 2.14 bits per heavy atom. The molecule has 21 heavy (non-hydrogen) atoms. The Bertz CT molecular complexity index is 518. The van der Waals surface area contributed by atoms with Gasteiger partial charge in [-0.1, -0.05) is 34.5 Å². The average molecular weight is 349 g/mol. The number of nitrogens with zero attached hydrogens (tertiary/aromatic N) is 1. The molecule has 0 radical (unpaired) electrons. The van der Waals surface area contributed by atoms with Gasteiger partial charge < -0.3 is 5.32 Å². The number of fused-ring (bicyclic) bond motifs is 2. The van der Waals surface area contributed by atoms with Crippen molar-refractivity contribution in [3.05, 3.63) is 34.3 Å². The first-order valence-corrected chi connectivity index (χ1v) is 9.29. The first-order chi connectivity index (χ1) is 10.3. The van der Waals surface area contributed by atoms with E-state index < -0.39 is 0 Å². The molecule has 0 amide bonds. The second-order valence-electron chi connectivity index (χ2n) is 7.09. The summed E-state index contributed by atoms with van der Waals surface area (Å²) in [5.74, 6) is 0.678. The normalized spacial score (nSPS) is 36.8. The molecule has 1 aromatic rings. The van der Waals surface area contributed by atoms with Gasteiger partial charge >= 0.3 is 0 Å². The molecule has 3 atom stereocenters. The fourth-order valence-corrected chi connectivity index (χ4v) is 5.66. The molecule has 0 aliphatic carbocycles. The van der Waals surface area contributed by atoms with E-state index in [1.165, 1.54) is 61.8 Å². The molecule has 1 aromatic carbocycles. The van der Waals surface area contributed by atoms with E-state index in [1.807, 2.05) is 0 Å². The van der Waals surface area contributed by atoms with Crippen LogP contribution in [0.1, 0.15) is 43.6 Å². The Labute approximate surface area is 136 Å². The maximum absolute atomic E-state index is 3.67. The van der Waals surface area contributed by atoms with Crippen LogP contribution in [0.3, 0.4) is 0 Å². The zero-order valence-corrected chi connectivity index (χ0v) is 14.2. The summed E-state index contributed by atoms with van der Waals surface area (Å²) in [5.41, 5.74) is 2.05. The lowest BCUT2D eigenvalue weighted by Gasteiger charge is -2.49. The van der Waals surface area contributed by atoms with Crippen molar-refractivity contribution in [2.24, 2.45) is 5.41 Å². The Balaban J connectivity index is 1.71. The van der Waals surface area contributed by atoms with E-state index >= 15 is 0 Å². The summed E-state index contributed by atoms with van der Waals surface area (Å²) in [6.45, 7) is 5.02. The van der Waals surface area contributed by atoms with Gasteiger partial charge in [-0.3, -0.25) is 4.90 Å². The van der Waals surface area contributed by atoms with Crippen LogP contribution in [0.5, 0.6) is 0 Å². The third kappa shape index (κ3) is 2.38. The summed E-state index contributed by atoms with van der Waals surface area (Å²) >= 11 is 3.66. The second-order valence-corrected chi connectivity index (χ2v) is 8.01. The van der Waals surface area contributed by atoms with Crippen molar-refractivity contribution in [2.45, 2.75) is 44.1 Å². The van der Waals surface area contributed by atoms with Gasteiger partial charge in [-0.15, -0.1) is 0 Å². The van der Waals surface area contributed by atoms with E-state index in [0.717, 1.165) is 12.6 Å². The fourth-order valence-electron chi connectivity index (χ4n) is 5.24. The Kier molecular flexibility index (Phi) is 3.85. The Morgan fingerprint density at radius 3 is 3.05 bits per heavy atom. The van der Waals surface area contributed by atoms with Gasteiger partial charge in [0.15, 0.2) is 0 Å². The van der Waals surface area contributed by atoms with Crippen LogP contribution in [0.4, 0.5) is 0 Å². The van der Waals surface area contributed by atoms with E-state index in [2.05, 4.69) is 50.4 Å². The average Bonchev–Trinajstić information content (AvgIpc) is 2.88. The molecular formula is C18H25BrN2. The number of hydrogen-bond acceptors (Lipinski definition) is 2. The van der Waals surface area contributed by atoms with Crippen LogP contribution < -0.4 is 5.32 Å². The van der Waals surface area contributed by atoms with E-state index in [1.54, 1.807) is 0 Å². The van der Waals surface area contributed by atoms with Gasteiger partial charge in [-0.25, -0.2) is 0 Å². The molecule has 0 bridgehead atoms. The number of hydrogen-bond donors (Lipinski definition) is 1. The number of piperidine rings is 2. The van der Waals surface area contributed by atoms with Crippen LogP contribution in [0.15, 0.2) is 28.7 Å². The molecule has 3 unspecified atom stereocenters. The lowest BCUT2D eigenvalue weighted by molar-refractivity contribution is 0.0663. The fraction of sp³-hybridized carbons (Fsp3) is 0.667. The number of nitrogens with one attached hydrogen (secondary N) is 1. The third-order valence-electron chi connectivity index (χ3n) is 6.20. The molecule has 3 fully saturated rings. The highest BCUT2D eigenvalue weighted by atomic mass is 79.9. The highest BCUT2D eigenvalue weighted by molar-refractivity contribution is 9.10. The summed E-state index contributed by atoms with van der Waals surface area (Å²) in [6.07, 6.45) is 7.01. The number of halogens is 1. The predicted octanol–water partition coefficient (Wildman–Crippen LogP) is 3.77. The molecule has 0 aromatic heterocycles. The molecular weight excluding hydrogens is 324 g/mol. The van der Waals surface area contributed by atoms with Gasteiger partial charge in [0.1, 0.15) is 0 Å². The zero-order valence-electron chi connectivity index (χ0n) is 12.7. The lowest BCUT2D eigenvalue weighted by Crippen LogP contribution is -2.52. The van der Waals surface area contributed by atoms with Crippen molar-refractivity contribution in [3.63, 3.8) is 0 Å². The van der Waals surface area contributed by atoms with Crippen molar-refractivity contribution in [1.29, 1.82) is 0 Å². The quantitative estimate of drug-likeness (QED) is 0.830. The van der Waals surface area contributed by atoms with Crippen molar-refractivity contribution in [2.75, 3.05) is 26.2 Å². The highest BCUT2D eigenvalue weighted by Crippen LogP contribution is 2.54. The standard InChI is InChI=1S/C18H25BrN2/c19-15-5-3-4-14(12-15)16-13-20-9-7-18(16)8-11-21-10-2-1-6-17(18)21/h3-5,12,16-17,20H,1-2,6-11,13H2. The van der Waals surface area contributed by atoms with Crippen molar-refractivity contribution in [3.8, 4) is 0 Å². The summed E-state index contributed by atoms with van der Waals surface area (Å²) in [5, 5.41) is 3.67. The maximum Gasteiger partial charge on any atom is 0.0178 e. The van der Waals surface area contributed by atoms with Gasteiger partial charge in [-0.2, -0.15) is 0 Å². The lowest BCUT2D eigenvalue weighted by atomic mass is 9.62. The van der Waals surface area contributed by atoms with E-state index in [4.69, 9.17) is 0 Å². The van der Waals surface area contributed by atoms with E-state index in [9.17, 15) is 0 Å². The Hall–Kier alpha value is -0.380. The maximum atomic E-state index is 3.67. The van der Waals surface area contributed by atoms with Crippen LogP contribution in [-0.2, 0) is 0 Å². The zero-order chi connectivity index (χ0) is 14.3. The minimum absolute atomic E-state index is 0.520. The van der Waals surface area contributed by atoms with Crippen LogP contribution in [-0.4, -0.2) is 37.1 Å². The summed E-state index contributed by atoms with van der Waals surface area (Å²) in [6, 6.07) is 9.88. The van der Waals surface area contributed by atoms with Gasteiger partial charge in [0.05, 0.1) is 0 Å². The van der Waals surface area contributed by atoms with Crippen LogP contribution in [0.25, 0.3) is 0 Å². The smallest absolute Gasteiger partial charge is 0.0178 e. The van der Waals surface area contributed by atoms with Crippen molar-refractivity contribution < 1.29 is 0 Å². The molecule has 1 N–H and O–H groups in total. The monoisotopic (exact) mass is 348 g/mol. The van der Waals surface area contributed by atoms with Gasteiger partial charge in [0, 0.05) is 23.0 Å². The molecule has 1 spiro atoms. The molecule has 3 saturated heterocycles. The molecule has 3 heteroatoms.